The molecule has 2 aromatic rings. The molecule has 0 aliphatic rings. The molecule has 1 atom stereocenters. The van der Waals surface area contributed by atoms with E-state index in [-0.39, 0.29) is 6.04 Å². The van der Waals surface area contributed by atoms with Crippen molar-refractivity contribution in [1.82, 2.24) is 9.55 Å². The van der Waals surface area contributed by atoms with Crippen molar-refractivity contribution in [3.63, 3.8) is 0 Å². The van der Waals surface area contributed by atoms with Crippen LogP contribution in [0, 0.1) is 0 Å². The average molecular weight is 259 g/mol. The Morgan fingerprint density at radius 3 is 2.95 bits per heavy atom. The Hall–Kier alpha value is -1.81. The summed E-state index contributed by atoms with van der Waals surface area (Å²) in [4.78, 5) is 4.42. The van der Waals surface area contributed by atoms with Gasteiger partial charge in [-0.3, -0.25) is 0 Å². The van der Waals surface area contributed by atoms with Gasteiger partial charge in [-0.25, -0.2) is 4.98 Å². The molecular weight excluding hydrogens is 238 g/mol. The maximum atomic E-state index is 5.96. The van der Waals surface area contributed by atoms with E-state index in [1.54, 1.807) is 7.11 Å². The molecule has 102 valence electrons. The van der Waals surface area contributed by atoms with Crippen LogP contribution in [0.1, 0.15) is 30.8 Å². The number of hydrogen-bond acceptors (Lipinski definition) is 3. The minimum Gasteiger partial charge on any atom is -0.497 e. The van der Waals surface area contributed by atoms with Gasteiger partial charge in [0.25, 0.3) is 0 Å². The molecule has 0 saturated carbocycles. The van der Waals surface area contributed by atoms with E-state index in [4.69, 9.17) is 10.5 Å². The van der Waals surface area contributed by atoms with Crippen LogP contribution in [-0.4, -0.2) is 23.2 Å². The van der Waals surface area contributed by atoms with Crippen molar-refractivity contribution in [1.29, 1.82) is 0 Å². The Morgan fingerprint density at radius 2 is 2.26 bits per heavy atom. The lowest BCUT2D eigenvalue weighted by Crippen LogP contribution is -2.21. The van der Waals surface area contributed by atoms with Crippen molar-refractivity contribution < 1.29 is 4.74 Å². The van der Waals surface area contributed by atoms with Crippen molar-refractivity contribution in [2.24, 2.45) is 5.73 Å². The van der Waals surface area contributed by atoms with Crippen LogP contribution < -0.4 is 10.5 Å². The molecule has 1 unspecified atom stereocenters. The van der Waals surface area contributed by atoms with Crippen molar-refractivity contribution in [2.75, 3.05) is 13.7 Å². The molecule has 0 spiro atoms. The van der Waals surface area contributed by atoms with E-state index in [2.05, 4.69) is 22.5 Å². The second-order valence-corrected chi connectivity index (χ2v) is 4.53. The van der Waals surface area contributed by atoms with E-state index in [0.717, 1.165) is 30.0 Å². The molecule has 4 heteroatoms. The molecule has 0 amide bonds. The summed E-state index contributed by atoms with van der Waals surface area (Å²) in [5, 5.41) is 0. The number of aryl methyl sites for hydroxylation is 1. The SMILES string of the molecule is CCCc1nccn1C(CN)c1cccc(OC)c1. The van der Waals surface area contributed by atoms with Crippen LogP contribution in [0.25, 0.3) is 0 Å². The van der Waals surface area contributed by atoms with Crippen molar-refractivity contribution >= 4 is 0 Å². The lowest BCUT2D eigenvalue weighted by atomic mass is 10.1. The Morgan fingerprint density at radius 1 is 1.42 bits per heavy atom. The highest BCUT2D eigenvalue weighted by atomic mass is 16.5. The summed E-state index contributed by atoms with van der Waals surface area (Å²) in [7, 11) is 1.68. The number of hydrogen-bond donors (Lipinski definition) is 1. The third kappa shape index (κ3) is 2.96. The molecule has 0 saturated heterocycles. The summed E-state index contributed by atoms with van der Waals surface area (Å²) in [5.41, 5.74) is 7.11. The number of ether oxygens (including phenoxy) is 1. The summed E-state index contributed by atoms with van der Waals surface area (Å²) in [6, 6.07) is 8.16. The number of benzene rings is 1. The summed E-state index contributed by atoms with van der Waals surface area (Å²) in [5.74, 6) is 1.94. The van der Waals surface area contributed by atoms with E-state index >= 15 is 0 Å². The van der Waals surface area contributed by atoms with Gasteiger partial charge in [-0.1, -0.05) is 19.1 Å². The van der Waals surface area contributed by atoms with Gasteiger partial charge in [-0.15, -0.1) is 0 Å². The zero-order chi connectivity index (χ0) is 13.7. The smallest absolute Gasteiger partial charge is 0.119 e. The summed E-state index contributed by atoms with van der Waals surface area (Å²) in [6.07, 6.45) is 5.88. The fourth-order valence-electron chi connectivity index (χ4n) is 2.30. The Balaban J connectivity index is 2.35. The molecule has 1 heterocycles. The molecule has 1 aromatic heterocycles. The predicted octanol–water partition coefficient (Wildman–Crippen LogP) is 2.39. The fraction of sp³-hybridized carbons (Fsp3) is 0.400. The van der Waals surface area contributed by atoms with Gasteiger partial charge < -0.3 is 15.0 Å². The van der Waals surface area contributed by atoms with E-state index in [1.165, 1.54) is 0 Å². The van der Waals surface area contributed by atoms with Gasteiger partial charge in [-0.2, -0.15) is 0 Å². The van der Waals surface area contributed by atoms with Crippen molar-refractivity contribution in [3.05, 3.63) is 48.0 Å². The van der Waals surface area contributed by atoms with E-state index in [9.17, 15) is 0 Å². The zero-order valence-electron chi connectivity index (χ0n) is 11.5. The number of rotatable bonds is 6. The predicted molar refractivity (Wildman–Crippen MR) is 76.4 cm³/mol. The van der Waals surface area contributed by atoms with Gasteiger partial charge in [0.15, 0.2) is 0 Å². The molecule has 0 bridgehead atoms. The molecular formula is C15H21N3O. The Kier molecular flexibility index (Phi) is 4.58. The number of nitrogens with zero attached hydrogens (tertiary/aromatic N) is 2. The molecule has 0 radical (unpaired) electrons. The second kappa shape index (κ2) is 6.38. The van der Waals surface area contributed by atoms with E-state index < -0.39 is 0 Å². The number of nitrogens with two attached hydrogens (primary N) is 1. The largest absolute Gasteiger partial charge is 0.497 e. The van der Waals surface area contributed by atoms with Crippen LogP contribution in [-0.2, 0) is 6.42 Å². The van der Waals surface area contributed by atoms with E-state index in [1.807, 2.05) is 30.6 Å². The quantitative estimate of drug-likeness (QED) is 0.866. The molecule has 0 fully saturated rings. The van der Waals surface area contributed by atoms with Gasteiger partial charge in [-0.05, 0) is 24.1 Å². The van der Waals surface area contributed by atoms with Gasteiger partial charge in [0, 0.05) is 25.4 Å². The minimum atomic E-state index is 0.110. The third-order valence-corrected chi connectivity index (χ3v) is 3.26. The van der Waals surface area contributed by atoms with Crippen LogP contribution in [0.3, 0.4) is 0 Å². The first kappa shape index (κ1) is 13.6. The first-order chi connectivity index (χ1) is 9.30. The summed E-state index contributed by atoms with van der Waals surface area (Å²) >= 11 is 0. The van der Waals surface area contributed by atoms with Gasteiger partial charge in [0.2, 0.25) is 0 Å². The summed E-state index contributed by atoms with van der Waals surface area (Å²) in [6.45, 7) is 2.70. The fourth-order valence-corrected chi connectivity index (χ4v) is 2.30. The van der Waals surface area contributed by atoms with Crippen LogP contribution in [0.2, 0.25) is 0 Å². The average Bonchev–Trinajstić information content (AvgIpc) is 2.89. The third-order valence-electron chi connectivity index (χ3n) is 3.26. The highest BCUT2D eigenvalue weighted by Gasteiger charge is 2.15. The Bertz CT molecular complexity index is 522. The molecule has 0 aliphatic carbocycles. The van der Waals surface area contributed by atoms with Gasteiger partial charge >= 0.3 is 0 Å². The molecule has 2 N–H and O–H groups in total. The molecule has 0 aliphatic heterocycles. The lowest BCUT2D eigenvalue weighted by Gasteiger charge is -2.20. The van der Waals surface area contributed by atoms with E-state index in [0.29, 0.717) is 6.54 Å². The van der Waals surface area contributed by atoms with Gasteiger partial charge in [0.1, 0.15) is 11.6 Å². The first-order valence-electron chi connectivity index (χ1n) is 6.65. The normalized spacial score (nSPS) is 12.4. The monoisotopic (exact) mass is 259 g/mol. The molecule has 4 nitrogen and oxygen atoms in total. The van der Waals surface area contributed by atoms with Crippen LogP contribution in [0.4, 0.5) is 0 Å². The summed E-state index contributed by atoms with van der Waals surface area (Å²) < 4.78 is 7.44. The van der Waals surface area contributed by atoms with Crippen LogP contribution >= 0.6 is 0 Å². The molecule has 2 rings (SSSR count). The Labute approximate surface area is 114 Å². The number of aromatic nitrogens is 2. The standard InChI is InChI=1S/C15H21N3O/c1-3-5-15-17-8-9-18(15)14(11-16)12-6-4-7-13(10-12)19-2/h4,6-10,14H,3,5,11,16H2,1-2H3. The minimum absolute atomic E-state index is 0.110. The van der Waals surface area contributed by atoms with Crippen molar-refractivity contribution in [2.45, 2.75) is 25.8 Å². The number of imidazole rings is 1. The first-order valence-corrected chi connectivity index (χ1v) is 6.65. The topological polar surface area (TPSA) is 53.1 Å². The van der Waals surface area contributed by atoms with Crippen LogP contribution in [0.5, 0.6) is 5.75 Å². The maximum absolute atomic E-state index is 5.96. The van der Waals surface area contributed by atoms with Gasteiger partial charge in [0.05, 0.1) is 13.2 Å². The zero-order valence-corrected chi connectivity index (χ0v) is 11.5. The molecule has 19 heavy (non-hydrogen) atoms. The highest BCUT2D eigenvalue weighted by Crippen LogP contribution is 2.23. The second-order valence-electron chi connectivity index (χ2n) is 4.53. The lowest BCUT2D eigenvalue weighted by molar-refractivity contribution is 0.413. The van der Waals surface area contributed by atoms with Crippen molar-refractivity contribution in [3.8, 4) is 5.75 Å². The number of methoxy groups -OCH3 is 1. The molecule has 1 aromatic carbocycles. The van der Waals surface area contributed by atoms with Crippen LogP contribution in [0.15, 0.2) is 36.7 Å². The maximum Gasteiger partial charge on any atom is 0.119 e. The highest BCUT2D eigenvalue weighted by molar-refractivity contribution is 5.31.